The van der Waals surface area contributed by atoms with Crippen LogP contribution in [0.3, 0.4) is 0 Å². The van der Waals surface area contributed by atoms with E-state index >= 15 is 0 Å². The van der Waals surface area contributed by atoms with Gasteiger partial charge in [0.1, 0.15) is 0 Å². The van der Waals surface area contributed by atoms with Crippen LogP contribution < -0.4 is 5.32 Å². The highest BCUT2D eigenvalue weighted by Gasteiger charge is 2.25. The van der Waals surface area contributed by atoms with Gasteiger partial charge < -0.3 is 9.84 Å². The van der Waals surface area contributed by atoms with E-state index in [0.717, 1.165) is 44.3 Å². The summed E-state index contributed by atoms with van der Waals surface area (Å²) in [6, 6.07) is 0.640. The first-order chi connectivity index (χ1) is 9.50. The number of hydrogen-bond donors (Lipinski definition) is 1. The lowest BCUT2D eigenvalue weighted by Crippen LogP contribution is -2.43. The summed E-state index contributed by atoms with van der Waals surface area (Å²) in [6.07, 6.45) is 3.57. The maximum atomic E-state index is 5.44. The van der Waals surface area contributed by atoms with Crippen molar-refractivity contribution in [2.24, 2.45) is 0 Å². The summed E-state index contributed by atoms with van der Waals surface area (Å²) >= 11 is 0. The van der Waals surface area contributed by atoms with Gasteiger partial charge in [0.15, 0.2) is 5.82 Å². The highest BCUT2D eigenvalue weighted by Crippen LogP contribution is 2.20. The third-order valence-electron chi connectivity index (χ3n) is 3.81. The number of halogens is 1. The number of piperidine rings is 1. The third kappa shape index (κ3) is 5.24. The summed E-state index contributed by atoms with van der Waals surface area (Å²) in [5.74, 6) is 1.55. The molecule has 5 nitrogen and oxygen atoms in total. The van der Waals surface area contributed by atoms with E-state index in [1.54, 1.807) is 0 Å². The van der Waals surface area contributed by atoms with Gasteiger partial charge >= 0.3 is 0 Å². The molecule has 1 aliphatic heterocycles. The molecule has 1 saturated heterocycles. The highest BCUT2D eigenvalue weighted by molar-refractivity contribution is 5.85. The van der Waals surface area contributed by atoms with Crippen molar-refractivity contribution in [1.29, 1.82) is 0 Å². The van der Waals surface area contributed by atoms with Crippen molar-refractivity contribution in [3.63, 3.8) is 0 Å². The van der Waals surface area contributed by atoms with Gasteiger partial charge in [-0.3, -0.25) is 4.90 Å². The Bertz CT molecular complexity index is 410. The molecule has 2 rings (SSSR count). The van der Waals surface area contributed by atoms with Crippen molar-refractivity contribution in [3.8, 4) is 0 Å². The smallest absolute Gasteiger partial charge is 0.240 e. The Morgan fingerprint density at radius 1 is 1.29 bits per heavy atom. The maximum Gasteiger partial charge on any atom is 0.240 e. The van der Waals surface area contributed by atoms with Crippen molar-refractivity contribution in [1.82, 2.24) is 20.4 Å². The van der Waals surface area contributed by atoms with Gasteiger partial charge in [-0.2, -0.15) is 4.98 Å². The Kier molecular flexibility index (Phi) is 7.10. The molecule has 0 aliphatic carbocycles. The molecule has 21 heavy (non-hydrogen) atoms. The average molecular weight is 317 g/mol. The van der Waals surface area contributed by atoms with Gasteiger partial charge in [0.25, 0.3) is 0 Å². The van der Waals surface area contributed by atoms with Gasteiger partial charge in [-0.25, -0.2) is 0 Å². The molecule has 1 aliphatic rings. The lowest BCUT2D eigenvalue weighted by Gasteiger charge is -2.33. The minimum atomic E-state index is -0.0495. The monoisotopic (exact) mass is 316 g/mol. The summed E-state index contributed by atoms with van der Waals surface area (Å²) in [6.45, 7) is 12.7. The number of aromatic nitrogens is 2. The zero-order valence-corrected chi connectivity index (χ0v) is 14.5. The SMILES string of the molecule is CCCN(Cc1nc(C(C)(C)C)no1)C1CCNCC1.Cl. The Hall–Kier alpha value is -0.650. The second kappa shape index (κ2) is 8.11. The van der Waals surface area contributed by atoms with E-state index in [2.05, 4.69) is 48.1 Å². The van der Waals surface area contributed by atoms with E-state index in [4.69, 9.17) is 4.52 Å². The molecular formula is C15H29ClN4O. The second-order valence-electron chi connectivity index (χ2n) is 6.71. The lowest BCUT2D eigenvalue weighted by atomic mass is 9.96. The fourth-order valence-corrected chi connectivity index (χ4v) is 2.65. The number of nitrogens with zero attached hydrogens (tertiary/aromatic N) is 3. The zero-order valence-electron chi connectivity index (χ0n) is 13.7. The molecule has 0 unspecified atom stereocenters. The van der Waals surface area contributed by atoms with Crippen LogP contribution in [-0.2, 0) is 12.0 Å². The van der Waals surface area contributed by atoms with Crippen molar-refractivity contribution in [2.75, 3.05) is 19.6 Å². The number of nitrogens with one attached hydrogen (secondary N) is 1. The standard InChI is InChI=1S/C15H28N4O.ClH/c1-5-10-19(12-6-8-16-9-7-12)11-13-17-14(18-20-13)15(2,3)4;/h12,16H,5-11H2,1-4H3;1H. The fourth-order valence-electron chi connectivity index (χ4n) is 2.65. The van der Waals surface area contributed by atoms with Gasteiger partial charge in [0.2, 0.25) is 5.89 Å². The van der Waals surface area contributed by atoms with Crippen molar-refractivity contribution in [3.05, 3.63) is 11.7 Å². The number of rotatable bonds is 5. The van der Waals surface area contributed by atoms with Crippen LogP contribution in [0.4, 0.5) is 0 Å². The maximum absolute atomic E-state index is 5.44. The van der Waals surface area contributed by atoms with E-state index in [1.165, 1.54) is 12.8 Å². The van der Waals surface area contributed by atoms with E-state index in [-0.39, 0.29) is 17.8 Å². The molecule has 1 N–H and O–H groups in total. The van der Waals surface area contributed by atoms with Crippen LogP contribution in [-0.4, -0.2) is 40.7 Å². The lowest BCUT2D eigenvalue weighted by molar-refractivity contribution is 0.137. The van der Waals surface area contributed by atoms with Gasteiger partial charge in [-0.05, 0) is 38.9 Å². The van der Waals surface area contributed by atoms with E-state index in [0.29, 0.717) is 6.04 Å². The van der Waals surface area contributed by atoms with Gasteiger partial charge in [0.05, 0.1) is 6.54 Å². The molecule has 1 fully saturated rings. The molecule has 0 bridgehead atoms. The largest absolute Gasteiger partial charge is 0.338 e. The van der Waals surface area contributed by atoms with Crippen molar-refractivity contribution in [2.45, 2.75) is 65.0 Å². The minimum Gasteiger partial charge on any atom is -0.338 e. The van der Waals surface area contributed by atoms with E-state index < -0.39 is 0 Å². The first-order valence-electron chi connectivity index (χ1n) is 7.78. The molecule has 1 aromatic rings. The van der Waals surface area contributed by atoms with Gasteiger partial charge in [-0.15, -0.1) is 12.4 Å². The Morgan fingerprint density at radius 2 is 1.95 bits per heavy atom. The number of hydrogen-bond acceptors (Lipinski definition) is 5. The van der Waals surface area contributed by atoms with Gasteiger partial charge in [0, 0.05) is 11.5 Å². The topological polar surface area (TPSA) is 54.2 Å². The van der Waals surface area contributed by atoms with Crippen LogP contribution in [0.1, 0.15) is 58.7 Å². The van der Waals surface area contributed by atoms with Crippen LogP contribution in [0.2, 0.25) is 0 Å². The van der Waals surface area contributed by atoms with E-state index in [9.17, 15) is 0 Å². The summed E-state index contributed by atoms with van der Waals surface area (Å²) in [4.78, 5) is 7.06. The average Bonchev–Trinajstić information content (AvgIpc) is 2.88. The fraction of sp³-hybridized carbons (Fsp3) is 0.867. The molecule has 6 heteroatoms. The predicted molar refractivity (Wildman–Crippen MR) is 86.8 cm³/mol. The van der Waals surface area contributed by atoms with Crippen molar-refractivity contribution >= 4 is 12.4 Å². The van der Waals surface area contributed by atoms with Crippen molar-refractivity contribution < 1.29 is 4.52 Å². The normalized spacial score (nSPS) is 17.0. The second-order valence-corrected chi connectivity index (χ2v) is 6.71. The molecule has 0 spiro atoms. The predicted octanol–water partition coefficient (Wildman–Crippen LogP) is 2.75. The summed E-state index contributed by atoms with van der Waals surface area (Å²) < 4.78 is 5.44. The summed E-state index contributed by atoms with van der Waals surface area (Å²) in [5, 5.41) is 7.54. The summed E-state index contributed by atoms with van der Waals surface area (Å²) in [5.41, 5.74) is -0.0495. The molecule has 122 valence electrons. The molecule has 0 amide bonds. The van der Waals surface area contributed by atoms with Crippen LogP contribution in [0, 0.1) is 0 Å². The minimum absolute atomic E-state index is 0. The van der Waals surface area contributed by atoms with E-state index in [1.807, 2.05) is 0 Å². The molecule has 0 atom stereocenters. The Morgan fingerprint density at radius 3 is 2.48 bits per heavy atom. The summed E-state index contributed by atoms with van der Waals surface area (Å²) in [7, 11) is 0. The zero-order chi connectivity index (χ0) is 14.6. The molecule has 2 heterocycles. The van der Waals surface area contributed by atoms with Crippen LogP contribution in [0.15, 0.2) is 4.52 Å². The van der Waals surface area contributed by atoms with Crippen LogP contribution in [0.25, 0.3) is 0 Å². The third-order valence-corrected chi connectivity index (χ3v) is 3.81. The van der Waals surface area contributed by atoms with Crippen LogP contribution >= 0.6 is 12.4 Å². The van der Waals surface area contributed by atoms with Crippen LogP contribution in [0.5, 0.6) is 0 Å². The molecule has 0 saturated carbocycles. The molecule has 0 radical (unpaired) electrons. The highest BCUT2D eigenvalue weighted by atomic mass is 35.5. The molecule has 1 aromatic heterocycles. The Balaban J connectivity index is 0.00000220. The van der Waals surface area contributed by atoms with Gasteiger partial charge in [-0.1, -0.05) is 32.9 Å². The first-order valence-corrected chi connectivity index (χ1v) is 7.78. The quantitative estimate of drug-likeness (QED) is 0.905. The Labute approximate surface area is 134 Å². The first kappa shape index (κ1) is 18.4. The molecule has 0 aromatic carbocycles. The molecular weight excluding hydrogens is 288 g/mol.